The Bertz CT molecular complexity index is 903. The number of nitrogens with zero attached hydrogens (tertiary/aromatic N) is 5. The Morgan fingerprint density at radius 2 is 1.78 bits per heavy atom. The van der Waals surface area contributed by atoms with Gasteiger partial charge in [-0.3, -0.25) is 5.10 Å². The third-order valence-corrected chi connectivity index (χ3v) is 7.56. The summed E-state index contributed by atoms with van der Waals surface area (Å²) in [7, 11) is 0. The third kappa shape index (κ3) is 2.27. The Morgan fingerprint density at radius 1 is 1.07 bits per heavy atom. The minimum Gasteiger partial charge on any atom is -0.349 e. The number of nitriles is 1. The highest BCUT2D eigenvalue weighted by atomic mass is 15.2. The van der Waals surface area contributed by atoms with Crippen LogP contribution in [0.4, 0.5) is 5.82 Å². The first kappa shape index (κ1) is 15.6. The van der Waals surface area contributed by atoms with Crippen molar-refractivity contribution in [3.63, 3.8) is 0 Å². The normalized spacial score (nSPS) is 33.7. The molecule has 4 fully saturated rings. The molecule has 0 saturated heterocycles. The number of aromatic amines is 1. The van der Waals surface area contributed by atoms with E-state index in [4.69, 9.17) is 5.10 Å². The van der Waals surface area contributed by atoms with Gasteiger partial charge in [0.15, 0.2) is 11.5 Å². The average molecular weight is 360 g/mol. The van der Waals surface area contributed by atoms with Crippen molar-refractivity contribution in [1.82, 2.24) is 20.2 Å². The predicted molar refractivity (Wildman–Crippen MR) is 99.9 cm³/mol. The Morgan fingerprint density at radius 3 is 2.48 bits per heavy atom. The monoisotopic (exact) mass is 360 g/mol. The molecule has 1 aliphatic heterocycles. The van der Waals surface area contributed by atoms with E-state index in [0.29, 0.717) is 16.9 Å². The summed E-state index contributed by atoms with van der Waals surface area (Å²) < 4.78 is 0. The van der Waals surface area contributed by atoms with E-state index in [1.807, 2.05) is 0 Å². The maximum Gasteiger partial charge on any atom is 0.183 e. The molecule has 4 bridgehead atoms. The lowest BCUT2D eigenvalue weighted by atomic mass is 9.48. The second-order valence-corrected chi connectivity index (χ2v) is 9.24. The van der Waals surface area contributed by atoms with Crippen molar-refractivity contribution in [2.45, 2.75) is 56.9 Å². The number of nitrogens with one attached hydrogen (secondary N) is 1. The zero-order chi connectivity index (χ0) is 18.0. The number of hydrogen-bond donors (Lipinski definition) is 1. The largest absolute Gasteiger partial charge is 0.349 e. The standard InChI is InChI=1S/C21H24N6/c22-11-18-20(24-3-2-23-18)27-4-1-17-16(12-27)19(26-25-17)21-8-13-5-14(9-21)7-15(6-13)10-21/h2-3,13-15H,1,4-10,12H2,(H,25,26). The Labute approximate surface area is 159 Å². The Hall–Kier alpha value is -2.42. The molecule has 5 aliphatic rings. The van der Waals surface area contributed by atoms with E-state index in [9.17, 15) is 5.26 Å². The molecule has 4 saturated carbocycles. The highest BCUT2D eigenvalue weighted by Crippen LogP contribution is 2.61. The highest BCUT2D eigenvalue weighted by molar-refractivity contribution is 5.52. The molecule has 0 amide bonds. The minimum atomic E-state index is 0.294. The zero-order valence-corrected chi connectivity index (χ0v) is 15.5. The van der Waals surface area contributed by atoms with Gasteiger partial charge in [0, 0.05) is 48.6 Å². The molecule has 0 spiro atoms. The molecule has 7 rings (SSSR count). The van der Waals surface area contributed by atoms with E-state index in [2.05, 4.69) is 26.0 Å². The number of aromatic nitrogens is 4. The summed E-state index contributed by atoms with van der Waals surface area (Å²) >= 11 is 0. The topological polar surface area (TPSA) is 81.5 Å². The number of rotatable bonds is 2. The first-order chi connectivity index (χ1) is 13.2. The van der Waals surface area contributed by atoms with Crippen molar-refractivity contribution >= 4 is 5.82 Å². The van der Waals surface area contributed by atoms with Crippen LogP contribution in [0.3, 0.4) is 0 Å². The molecule has 1 N–H and O–H groups in total. The number of anilines is 1. The maximum absolute atomic E-state index is 9.41. The van der Waals surface area contributed by atoms with Gasteiger partial charge in [-0.25, -0.2) is 9.97 Å². The van der Waals surface area contributed by atoms with Crippen LogP contribution in [0.25, 0.3) is 0 Å². The molecule has 0 radical (unpaired) electrons. The highest BCUT2D eigenvalue weighted by Gasteiger charge is 2.53. The zero-order valence-electron chi connectivity index (χ0n) is 15.5. The van der Waals surface area contributed by atoms with Gasteiger partial charge in [0.05, 0.1) is 5.69 Å². The van der Waals surface area contributed by atoms with Crippen LogP contribution >= 0.6 is 0 Å². The summed E-state index contributed by atoms with van der Waals surface area (Å²) in [6.07, 6.45) is 12.5. The van der Waals surface area contributed by atoms with Crippen molar-refractivity contribution < 1.29 is 0 Å². The van der Waals surface area contributed by atoms with Gasteiger partial charge in [-0.05, 0) is 56.3 Å². The summed E-state index contributed by atoms with van der Waals surface area (Å²) in [5, 5.41) is 17.7. The SMILES string of the molecule is N#Cc1nccnc1N1CCc2[nH]nc(C34CC5CC(CC(C5)C3)C4)c2C1. The molecule has 2 aromatic rings. The van der Waals surface area contributed by atoms with Gasteiger partial charge in [0.25, 0.3) is 0 Å². The van der Waals surface area contributed by atoms with E-state index < -0.39 is 0 Å². The molecule has 6 nitrogen and oxygen atoms in total. The Balaban J connectivity index is 1.38. The van der Waals surface area contributed by atoms with Crippen molar-refractivity contribution in [3.05, 3.63) is 35.0 Å². The summed E-state index contributed by atoms with van der Waals surface area (Å²) in [6.45, 7) is 1.64. The van der Waals surface area contributed by atoms with E-state index in [-0.39, 0.29) is 0 Å². The van der Waals surface area contributed by atoms with Crippen LogP contribution in [0.2, 0.25) is 0 Å². The Kier molecular flexibility index (Phi) is 3.21. The van der Waals surface area contributed by atoms with Crippen LogP contribution in [-0.2, 0) is 18.4 Å². The van der Waals surface area contributed by atoms with Crippen LogP contribution in [-0.4, -0.2) is 26.7 Å². The molecular weight excluding hydrogens is 336 g/mol. The smallest absolute Gasteiger partial charge is 0.183 e. The van der Waals surface area contributed by atoms with Crippen LogP contribution in [0.15, 0.2) is 12.4 Å². The van der Waals surface area contributed by atoms with Crippen molar-refractivity contribution in [3.8, 4) is 6.07 Å². The quantitative estimate of drug-likeness (QED) is 0.890. The lowest BCUT2D eigenvalue weighted by Gasteiger charge is -2.56. The summed E-state index contributed by atoms with van der Waals surface area (Å²) in [5.41, 5.74) is 4.71. The van der Waals surface area contributed by atoms with E-state index in [1.165, 1.54) is 55.5 Å². The third-order valence-electron chi connectivity index (χ3n) is 7.56. The van der Waals surface area contributed by atoms with Crippen LogP contribution in [0.5, 0.6) is 0 Å². The van der Waals surface area contributed by atoms with Crippen LogP contribution < -0.4 is 4.90 Å². The lowest BCUT2D eigenvalue weighted by molar-refractivity contribution is -0.00763. The molecule has 0 unspecified atom stereocenters. The van der Waals surface area contributed by atoms with Crippen LogP contribution in [0.1, 0.15) is 61.2 Å². The molecule has 0 atom stereocenters. The van der Waals surface area contributed by atoms with Gasteiger partial charge < -0.3 is 4.90 Å². The van der Waals surface area contributed by atoms with Gasteiger partial charge in [-0.2, -0.15) is 10.4 Å². The summed E-state index contributed by atoms with van der Waals surface area (Å²) in [4.78, 5) is 10.9. The molecule has 0 aromatic carbocycles. The molecule has 27 heavy (non-hydrogen) atoms. The number of hydrogen-bond acceptors (Lipinski definition) is 5. The lowest BCUT2D eigenvalue weighted by Crippen LogP contribution is -2.49. The van der Waals surface area contributed by atoms with Crippen LogP contribution in [0, 0.1) is 29.1 Å². The first-order valence-electron chi connectivity index (χ1n) is 10.3. The van der Waals surface area contributed by atoms with Gasteiger partial charge in [-0.15, -0.1) is 0 Å². The van der Waals surface area contributed by atoms with E-state index in [1.54, 1.807) is 12.4 Å². The average Bonchev–Trinajstić information content (AvgIpc) is 3.11. The molecular formula is C21H24N6. The van der Waals surface area contributed by atoms with E-state index >= 15 is 0 Å². The van der Waals surface area contributed by atoms with Gasteiger partial charge in [0.1, 0.15) is 6.07 Å². The molecule has 138 valence electrons. The fraction of sp³-hybridized carbons (Fsp3) is 0.619. The molecule has 4 aliphatic carbocycles. The van der Waals surface area contributed by atoms with Gasteiger partial charge >= 0.3 is 0 Å². The fourth-order valence-electron chi connectivity index (χ4n) is 6.96. The van der Waals surface area contributed by atoms with Crippen molar-refractivity contribution in [1.29, 1.82) is 5.26 Å². The summed E-state index contributed by atoms with van der Waals surface area (Å²) in [5.74, 6) is 3.44. The molecule has 2 aromatic heterocycles. The van der Waals surface area contributed by atoms with Crippen molar-refractivity contribution in [2.75, 3.05) is 11.4 Å². The predicted octanol–water partition coefficient (Wildman–Crippen LogP) is 3.10. The maximum atomic E-state index is 9.41. The first-order valence-corrected chi connectivity index (χ1v) is 10.3. The molecule has 6 heteroatoms. The summed E-state index contributed by atoms with van der Waals surface area (Å²) in [6, 6.07) is 2.20. The van der Waals surface area contributed by atoms with E-state index in [0.717, 1.165) is 37.3 Å². The number of H-pyrrole nitrogens is 1. The van der Waals surface area contributed by atoms with Gasteiger partial charge in [-0.1, -0.05) is 0 Å². The molecule has 3 heterocycles. The number of fused-ring (bicyclic) bond motifs is 1. The second-order valence-electron chi connectivity index (χ2n) is 9.24. The van der Waals surface area contributed by atoms with Gasteiger partial charge in [0.2, 0.25) is 0 Å². The minimum absolute atomic E-state index is 0.294. The second kappa shape index (κ2) is 5.54. The van der Waals surface area contributed by atoms with Crippen molar-refractivity contribution in [2.24, 2.45) is 17.8 Å². The fourth-order valence-corrected chi connectivity index (χ4v) is 6.96.